The molecule has 0 spiro atoms. The van der Waals surface area contributed by atoms with Gasteiger partial charge in [0, 0.05) is 24.2 Å². The number of hydrogen-bond acceptors (Lipinski definition) is 8. The van der Waals surface area contributed by atoms with Gasteiger partial charge in [-0.15, -0.1) is 0 Å². The van der Waals surface area contributed by atoms with Crippen LogP contribution in [0, 0.1) is 5.92 Å². The summed E-state index contributed by atoms with van der Waals surface area (Å²) in [6.45, 7) is 6.66. The van der Waals surface area contributed by atoms with Crippen molar-refractivity contribution in [1.82, 2.24) is 19.9 Å². The first-order chi connectivity index (χ1) is 15.1. The van der Waals surface area contributed by atoms with E-state index in [2.05, 4.69) is 39.1 Å². The van der Waals surface area contributed by atoms with E-state index in [-0.39, 0.29) is 12.1 Å². The Hall–Kier alpha value is -3.39. The number of aromatic nitrogens is 4. The van der Waals surface area contributed by atoms with E-state index in [0.717, 1.165) is 17.4 Å². The number of nitrogens with one attached hydrogen (secondary N) is 1. The summed E-state index contributed by atoms with van der Waals surface area (Å²) >= 11 is 0. The molecule has 0 radical (unpaired) electrons. The van der Waals surface area contributed by atoms with Gasteiger partial charge in [0.2, 0.25) is 5.95 Å². The monoisotopic (exact) mass is 418 g/mol. The van der Waals surface area contributed by atoms with E-state index in [4.69, 9.17) is 4.74 Å². The third kappa shape index (κ3) is 4.54. The van der Waals surface area contributed by atoms with E-state index in [1.165, 1.54) is 0 Å². The highest BCUT2D eigenvalue weighted by Crippen LogP contribution is 2.28. The first-order valence-corrected chi connectivity index (χ1v) is 10.4. The maximum atomic E-state index is 11.5. The third-order valence-corrected chi connectivity index (χ3v) is 5.37. The van der Waals surface area contributed by atoms with Crippen LogP contribution in [0.3, 0.4) is 0 Å². The van der Waals surface area contributed by atoms with Crippen LogP contribution in [0.25, 0.3) is 11.1 Å². The van der Waals surface area contributed by atoms with Crippen molar-refractivity contribution in [1.29, 1.82) is 0 Å². The second-order valence-corrected chi connectivity index (χ2v) is 7.88. The van der Waals surface area contributed by atoms with Crippen molar-refractivity contribution in [3.8, 4) is 11.1 Å². The minimum Gasteiger partial charge on any atom is -0.349 e. The molecule has 31 heavy (non-hydrogen) atoms. The van der Waals surface area contributed by atoms with E-state index in [9.17, 15) is 4.79 Å². The predicted molar refractivity (Wildman–Crippen MR) is 118 cm³/mol. The molecule has 1 aromatic carbocycles. The molecule has 3 aromatic rings. The van der Waals surface area contributed by atoms with E-state index >= 15 is 0 Å². The molecule has 1 aliphatic rings. The molecule has 2 unspecified atom stereocenters. The maximum Gasteiger partial charge on any atom is 0.225 e. The average molecular weight is 419 g/mol. The van der Waals surface area contributed by atoms with Crippen molar-refractivity contribution >= 4 is 18.1 Å². The first-order valence-electron chi connectivity index (χ1n) is 10.4. The number of rotatable bonds is 7. The molecule has 1 aliphatic heterocycles. The van der Waals surface area contributed by atoms with Gasteiger partial charge in [0.05, 0.1) is 18.7 Å². The number of carbonyl (C=O) groups is 1. The summed E-state index contributed by atoms with van der Waals surface area (Å²) in [5.41, 5.74) is 2.03. The lowest BCUT2D eigenvalue weighted by molar-refractivity contribution is -0.115. The second-order valence-electron chi connectivity index (χ2n) is 7.88. The smallest absolute Gasteiger partial charge is 0.225 e. The number of hydrogen-bond donors (Lipinski definition) is 1. The van der Waals surface area contributed by atoms with Crippen molar-refractivity contribution in [2.75, 3.05) is 16.8 Å². The highest BCUT2D eigenvalue weighted by molar-refractivity contribution is 5.65. The van der Waals surface area contributed by atoms with Gasteiger partial charge in [0.25, 0.3) is 0 Å². The fraction of sp³-hybridized carbons (Fsp3) is 0.348. The largest absolute Gasteiger partial charge is 0.349 e. The van der Waals surface area contributed by atoms with Crippen LogP contribution in [0.4, 0.5) is 11.8 Å². The Morgan fingerprint density at radius 2 is 1.81 bits per heavy atom. The number of carbonyl (C=O) groups excluding carboxylic acids is 1. The van der Waals surface area contributed by atoms with Crippen molar-refractivity contribution < 1.29 is 9.53 Å². The maximum absolute atomic E-state index is 11.5. The molecular formula is C23H26N6O2. The lowest BCUT2D eigenvalue weighted by Gasteiger charge is -2.29. The molecule has 0 saturated carbocycles. The molecule has 3 heterocycles. The Bertz CT molecular complexity index is 1010. The van der Waals surface area contributed by atoms with Gasteiger partial charge in [-0.1, -0.05) is 44.2 Å². The Morgan fingerprint density at radius 1 is 1.06 bits per heavy atom. The number of benzene rings is 1. The third-order valence-electron chi connectivity index (χ3n) is 5.37. The minimum atomic E-state index is -0.638. The van der Waals surface area contributed by atoms with E-state index in [1.54, 1.807) is 12.3 Å². The minimum absolute atomic E-state index is 0.0734. The molecular weight excluding hydrogens is 392 g/mol. The summed E-state index contributed by atoms with van der Waals surface area (Å²) < 4.78 is 5.64. The Morgan fingerprint density at radius 3 is 2.48 bits per heavy atom. The predicted octanol–water partition coefficient (Wildman–Crippen LogP) is 3.49. The van der Waals surface area contributed by atoms with Gasteiger partial charge in [-0.3, -0.25) is 4.79 Å². The average Bonchev–Trinajstić information content (AvgIpc) is 3.25. The van der Waals surface area contributed by atoms with Gasteiger partial charge in [0.15, 0.2) is 12.5 Å². The summed E-state index contributed by atoms with van der Waals surface area (Å²) in [6.07, 6.45) is 5.48. The lowest BCUT2D eigenvalue weighted by atomic mass is 10.0. The first kappa shape index (κ1) is 20.9. The standard InChI is InChI=1S/C23H26N6O2/c1-15(2)19-14-31-21(13-30)29(19)20-9-10-24-23(28-20)27-16(3)22-25-11-18(12-26-22)17-7-5-4-6-8-17/h4-13,15-16,19,21H,14H2,1-3H3,(H,24,27,28)/t16?,19-,21?/m1/s1. The van der Waals surface area contributed by atoms with E-state index < -0.39 is 6.23 Å². The highest BCUT2D eigenvalue weighted by Gasteiger charge is 2.37. The van der Waals surface area contributed by atoms with Crippen LogP contribution >= 0.6 is 0 Å². The fourth-order valence-corrected chi connectivity index (χ4v) is 3.63. The van der Waals surface area contributed by atoms with E-state index in [0.29, 0.717) is 30.1 Å². The van der Waals surface area contributed by atoms with Gasteiger partial charge in [-0.05, 0) is 24.5 Å². The normalized spacial score (nSPS) is 19.4. The molecule has 1 fully saturated rings. The summed E-state index contributed by atoms with van der Waals surface area (Å²) in [5, 5.41) is 3.26. The van der Waals surface area contributed by atoms with Crippen LogP contribution in [-0.4, -0.2) is 45.1 Å². The van der Waals surface area contributed by atoms with E-state index in [1.807, 2.05) is 54.5 Å². The van der Waals surface area contributed by atoms with Crippen molar-refractivity contribution in [3.05, 3.63) is 60.8 Å². The lowest BCUT2D eigenvalue weighted by Crippen LogP contribution is -2.41. The Labute approximate surface area is 181 Å². The molecule has 8 nitrogen and oxygen atoms in total. The molecule has 2 aromatic heterocycles. The van der Waals surface area contributed by atoms with Gasteiger partial charge in [-0.2, -0.15) is 4.98 Å². The van der Waals surface area contributed by atoms with Crippen molar-refractivity contribution in [3.63, 3.8) is 0 Å². The molecule has 3 atom stereocenters. The molecule has 1 saturated heterocycles. The summed E-state index contributed by atoms with van der Waals surface area (Å²) in [6, 6.07) is 11.7. The van der Waals surface area contributed by atoms with Gasteiger partial charge < -0.3 is 15.0 Å². The number of ether oxygens (including phenoxy) is 1. The highest BCUT2D eigenvalue weighted by atomic mass is 16.5. The Balaban J connectivity index is 1.50. The van der Waals surface area contributed by atoms with Gasteiger partial charge >= 0.3 is 0 Å². The van der Waals surface area contributed by atoms with Crippen LogP contribution in [0.2, 0.25) is 0 Å². The molecule has 0 aliphatic carbocycles. The van der Waals surface area contributed by atoms with Crippen LogP contribution < -0.4 is 10.2 Å². The second kappa shape index (κ2) is 9.18. The van der Waals surface area contributed by atoms with Crippen LogP contribution in [-0.2, 0) is 9.53 Å². The van der Waals surface area contributed by atoms with Crippen LogP contribution in [0.5, 0.6) is 0 Å². The van der Waals surface area contributed by atoms with Gasteiger partial charge in [0.1, 0.15) is 11.6 Å². The summed E-state index contributed by atoms with van der Waals surface area (Å²) in [4.78, 5) is 31.4. The SMILES string of the molecule is CC(Nc1nccc(N2C(C=O)OC[C@@H]2C(C)C)n1)c1ncc(-c2ccccc2)cn1. The molecule has 8 heteroatoms. The van der Waals surface area contributed by atoms with Crippen LogP contribution in [0.15, 0.2) is 55.0 Å². The topological polar surface area (TPSA) is 93.1 Å². The van der Waals surface area contributed by atoms with Gasteiger partial charge in [-0.25, -0.2) is 15.0 Å². The van der Waals surface area contributed by atoms with Crippen molar-refractivity contribution in [2.45, 2.75) is 39.1 Å². The molecule has 0 amide bonds. The zero-order valence-corrected chi connectivity index (χ0v) is 17.8. The summed E-state index contributed by atoms with van der Waals surface area (Å²) in [5.74, 6) is 2.05. The number of nitrogens with zero attached hydrogens (tertiary/aromatic N) is 5. The zero-order valence-electron chi connectivity index (χ0n) is 17.8. The summed E-state index contributed by atoms with van der Waals surface area (Å²) in [7, 11) is 0. The van der Waals surface area contributed by atoms with Crippen LogP contribution in [0.1, 0.15) is 32.6 Å². The molecule has 4 rings (SSSR count). The molecule has 160 valence electrons. The number of anilines is 2. The molecule has 0 bridgehead atoms. The molecule has 1 N–H and O–H groups in total. The zero-order chi connectivity index (χ0) is 21.8. The quantitative estimate of drug-likeness (QED) is 0.583. The van der Waals surface area contributed by atoms with Crippen molar-refractivity contribution in [2.24, 2.45) is 5.92 Å². The Kier molecular flexibility index (Phi) is 6.18. The fourth-order valence-electron chi connectivity index (χ4n) is 3.63. The number of aldehydes is 1.